The number of hydrogen-bond donors (Lipinski definition) is 0. The maximum Gasteiger partial charge on any atom is 0.195 e. The van der Waals surface area contributed by atoms with Crippen molar-refractivity contribution in [2.75, 3.05) is 7.11 Å². The monoisotopic (exact) mass is 246 g/mol. The summed E-state index contributed by atoms with van der Waals surface area (Å²) in [5.41, 5.74) is 0. The molecule has 0 aromatic heterocycles. The van der Waals surface area contributed by atoms with Crippen LogP contribution < -0.4 is 0 Å². The van der Waals surface area contributed by atoms with E-state index in [1.807, 2.05) is 0 Å². The zero-order chi connectivity index (χ0) is 13.3. The minimum absolute atomic E-state index is 0.116. The lowest BCUT2D eigenvalue weighted by atomic mass is 10.1. The van der Waals surface area contributed by atoms with Gasteiger partial charge in [-0.15, -0.1) is 0 Å². The topological polar surface area (TPSA) is 44.8 Å². The van der Waals surface area contributed by atoms with Crippen LogP contribution in [-0.2, 0) is 19.3 Å². The summed E-state index contributed by atoms with van der Waals surface area (Å²) in [4.78, 5) is 21.6. The molecule has 0 aliphatic carbocycles. The second-order valence-electron chi connectivity index (χ2n) is 4.81. The van der Waals surface area contributed by atoms with Gasteiger partial charge in [-0.3, -0.25) is 4.79 Å². The van der Waals surface area contributed by atoms with E-state index in [9.17, 15) is 4.79 Å². The molecule has 0 saturated heterocycles. The van der Waals surface area contributed by atoms with Crippen LogP contribution in [-0.4, -0.2) is 24.8 Å². The van der Waals surface area contributed by atoms with E-state index < -0.39 is 5.79 Å². The molecule has 0 unspecified atom stereocenters. The summed E-state index contributed by atoms with van der Waals surface area (Å²) in [7, 11) is 1.56. The Balaban J connectivity index is 4.05. The molecule has 0 bridgehead atoms. The molecule has 0 amide bonds. The molecule has 0 N–H and O–H groups in total. The molecule has 0 heterocycles. The van der Waals surface area contributed by atoms with E-state index in [4.69, 9.17) is 14.5 Å². The predicted molar refractivity (Wildman–Crippen MR) is 66.5 cm³/mol. The first-order valence-corrected chi connectivity index (χ1v) is 6.30. The number of ketones is 1. The molecule has 0 aromatic carbocycles. The number of unbranched alkanes of at least 4 members (excludes halogenated alkanes) is 2. The van der Waals surface area contributed by atoms with Crippen molar-refractivity contribution in [1.82, 2.24) is 0 Å². The van der Waals surface area contributed by atoms with E-state index >= 15 is 0 Å². The minimum Gasteiger partial charge on any atom is -0.351 e. The van der Waals surface area contributed by atoms with Crippen LogP contribution in [0.2, 0.25) is 0 Å². The lowest BCUT2D eigenvalue weighted by molar-refractivity contribution is -0.430. The number of carbonyl (C=O) groups is 1. The van der Waals surface area contributed by atoms with Gasteiger partial charge in [0, 0.05) is 13.5 Å². The summed E-state index contributed by atoms with van der Waals surface area (Å²) in [6.07, 6.45) is 4.40. The van der Waals surface area contributed by atoms with Crippen LogP contribution in [0.25, 0.3) is 0 Å². The predicted octanol–water partition coefficient (Wildman–Crippen LogP) is 3.25. The molecule has 0 aliphatic rings. The highest BCUT2D eigenvalue weighted by atomic mass is 17.2. The van der Waals surface area contributed by atoms with Gasteiger partial charge in [0.1, 0.15) is 5.78 Å². The van der Waals surface area contributed by atoms with Gasteiger partial charge < -0.3 is 4.74 Å². The summed E-state index contributed by atoms with van der Waals surface area (Å²) in [5.74, 6) is -0.662. The minimum atomic E-state index is -0.778. The van der Waals surface area contributed by atoms with Crippen molar-refractivity contribution in [3.8, 4) is 0 Å². The fourth-order valence-corrected chi connectivity index (χ4v) is 1.34. The number of rotatable bonds is 10. The van der Waals surface area contributed by atoms with E-state index in [-0.39, 0.29) is 11.9 Å². The Kier molecular flexibility index (Phi) is 8.39. The van der Waals surface area contributed by atoms with Gasteiger partial charge in [0.15, 0.2) is 5.79 Å². The molecule has 102 valence electrons. The lowest BCUT2D eigenvalue weighted by Gasteiger charge is -2.25. The average molecular weight is 246 g/mol. The number of ether oxygens (including phenoxy) is 1. The average Bonchev–Trinajstić information content (AvgIpc) is 2.25. The third-order valence-corrected chi connectivity index (χ3v) is 2.52. The molecule has 17 heavy (non-hydrogen) atoms. The third kappa shape index (κ3) is 9.27. The molecular weight excluding hydrogens is 220 g/mol. The Morgan fingerprint density at radius 3 is 2.41 bits per heavy atom. The summed E-state index contributed by atoms with van der Waals surface area (Å²) >= 11 is 0. The zero-order valence-electron chi connectivity index (χ0n) is 11.7. The van der Waals surface area contributed by atoms with E-state index in [2.05, 4.69) is 6.92 Å². The molecule has 0 fully saturated rings. The maximum atomic E-state index is 11.1. The third-order valence-electron chi connectivity index (χ3n) is 2.52. The first kappa shape index (κ1) is 16.6. The van der Waals surface area contributed by atoms with Gasteiger partial charge in [-0.1, -0.05) is 26.2 Å². The molecule has 0 saturated carbocycles. The Morgan fingerprint density at radius 2 is 1.94 bits per heavy atom. The smallest absolute Gasteiger partial charge is 0.195 e. The van der Waals surface area contributed by atoms with Crippen LogP contribution in [0, 0.1) is 0 Å². The number of methoxy groups -OCH3 is 1. The van der Waals surface area contributed by atoms with Crippen LogP contribution in [0.15, 0.2) is 0 Å². The largest absolute Gasteiger partial charge is 0.351 e. The number of Topliss-reactive ketones (excluding diaryl/α,β-unsaturated/α-hetero) is 1. The highest BCUT2D eigenvalue weighted by Crippen LogP contribution is 2.16. The summed E-state index contributed by atoms with van der Waals surface area (Å²) in [6.45, 7) is 7.25. The van der Waals surface area contributed by atoms with Gasteiger partial charge in [-0.25, -0.2) is 9.78 Å². The molecule has 0 aliphatic heterocycles. The van der Waals surface area contributed by atoms with Crippen molar-refractivity contribution in [2.24, 2.45) is 0 Å². The molecule has 0 rings (SSSR count). The molecule has 4 heteroatoms. The van der Waals surface area contributed by atoms with E-state index in [1.165, 1.54) is 0 Å². The Morgan fingerprint density at radius 1 is 1.29 bits per heavy atom. The highest BCUT2D eigenvalue weighted by Gasteiger charge is 2.22. The SMILES string of the molecule is CCCCC[C@H](CC(C)=O)OOC(C)(C)OC. The summed E-state index contributed by atoms with van der Waals surface area (Å²) < 4.78 is 5.09. The van der Waals surface area contributed by atoms with Gasteiger partial charge in [0.2, 0.25) is 0 Å². The quantitative estimate of drug-likeness (QED) is 0.257. The normalized spacial score (nSPS) is 13.7. The van der Waals surface area contributed by atoms with Crippen molar-refractivity contribution in [1.29, 1.82) is 0 Å². The number of carbonyl (C=O) groups excluding carboxylic acids is 1. The molecular formula is C13H26O4. The highest BCUT2D eigenvalue weighted by molar-refractivity contribution is 5.75. The van der Waals surface area contributed by atoms with Crippen molar-refractivity contribution >= 4 is 5.78 Å². The van der Waals surface area contributed by atoms with Gasteiger partial charge in [-0.2, -0.15) is 0 Å². The Bertz CT molecular complexity index is 213. The van der Waals surface area contributed by atoms with Gasteiger partial charge in [-0.05, 0) is 27.2 Å². The standard InChI is InChI=1S/C13H26O4/c1-6-7-8-9-12(10-11(2)14)16-17-13(3,4)15-5/h12H,6-10H2,1-5H3/t12-/m1/s1. The van der Waals surface area contributed by atoms with Crippen LogP contribution >= 0.6 is 0 Å². The van der Waals surface area contributed by atoms with Crippen LogP contribution in [0.1, 0.15) is 59.8 Å². The van der Waals surface area contributed by atoms with Gasteiger partial charge in [0.05, 0.1) is 6.10 Å². The van der Waals surface area contributed by atoms with Crippen molar-refractivity contribution < 1.29 is 19.3 Å². The molecule has 0 spiro atoms. The fourth-order valence-electron chi connectivity index (χ4n) is 1.34. The first-order chi connectivity index (χ1) is 7.91. The van der Waals surface area contributed by atoms with Crippen molar-refractivity contribution in [3.05, 3.63) is 0 Å². The maximum absolute atomic E-state index is 11.1. The van der Waals surface area contributed by atoms with Crippen molar-refractivity contribution in [2.45, 2.75) is 71.7 Å². The van der Waals surface area contributed by atoms with Crippen LogP contribution in [0.3, 0.4) is 0 Å². The van der Waals surface area contributed by atoms with E-state index in [1.54, 1.807) is 27.9 Å². The molecule has 0 aromatic rings. The Labute approximate surface area is 105 Å². The number of hydrogen-bond acceptors (Lipinski definition) is 4. The Hall–Kier alpha value is -0.450. The molecule has 0 radical (unpaired) electrons. The fraction of sp³-hybridized carbons (Fsp3) is 0.923. The summed E-state index contributed by atoms with van der Waals surface area (Å²) in [5, 5.41) is 0. The van der Waals surface area contributed by atoms with Gasteiger partial charge in [0.25, 0.3) is 0 Å². The van der Waals surface area contributed by atoms with Crippen molar-refractivity contribution in [3.63, 3.8) is 0 Å². The molecule has 1 atom stereocenters. The second-order valence-corrected chi connectivity index (χ2v) is 4.81. The van der Waals surface area contributed by atoms with E-state index in [0.29, 0.717) is 6.42 Å². The molecule has 4 nitrogen and oxygen atoms in total. The summed E-state index contributed by atoms with van der Waals surface area (Å²) in [6, 6.07) is 0. The van der Waals surface area contributed by atoms with E-state index in [0.717, 1.165) is 25.7 Å². The zero-order valence-corrected chi connectivity index (χ0v) is 11.7. The lowest BCUT2D eigenvalue weighted by Crippen LogP contribution is -2.30. The second kappa shape index (κ2) is 8.61. The first-order valence-electron chi connectivity index (χ1n) is 6.30. The van der Waals surface area contributed by atoms with Crippen LogP contribution in [0.4, 0.5) is 0 Å². The van der Waals surface area contributed by atoms with Gasteiger partial charge >= 0.3 is 0 Å². The van der Waals surface area contributed by atoms with Crippen LogP contribution in [0.5, 0.6) is 0 Å².